The van der Waals surface area contributed by atoms with E-state index >= 15 is 0 Å². The Bertz CT molecular complexity index is 841. The standard InChI is InChI=1S/C47H88O3/c1-37(2)17-11-19-39(5)21-13-23-41(7)25-15-27-43(9)29-31-49-46-33-45(36-48)34-47(35-46)50-32-30-44(10)28-16-26-42(8)24-14-22-40(6)20-12-18-38(3)4/h33-35,37-44,48H,11-32,36H2,1-10H3/t39-,40-,41-,42-,43?,44?/m1/s1. The molecule has 0 fully saturated rings. The first-order chi connectivity index (χ1) is 23.9. The third kappa shape index (κ3) is 26.5. The van der Waals surface area contributed by atoms with E-state index in [0.717, 1.165) is 65.4 Å². The number of hydrogen-bond donors (Lipinski definition) is 1. The van der Waals surface area contributed by atoms with Gasteiger partial charge in [0.1, 0.15) is 11.5 Å². The Morgan fingerprint density at radius 3 is 0.900 bits per heavy atom. The molecule has 0 amide bonds. The molecular formula is C47H88O3. The topological polar surface area (TPSA) is 38.7 Å². The van der Waals surface area contributed by atoms with Gasteiger partial charge in [-0.05, 0) is 77.9 Å². The minimum atomic E-state index is 0.00479. The lowest BCUT2D eigenvalue weighted by Crippen LogP contribution is -2.07. The number of ether oxygens (including phenoxy) is 2. The average molecular weight is 701 g/mol. The third-order valence-corrected chi connectivity index (χ3v) is 11.4. The predicted octanol–water partition coefficient (Wildman–Crippen LogP) is 14.9. The van der Waals surface area contributed by atoms with E-state index < -0.39 is 0 Å². The molecule has 0 heterocycles. The van der Waals surface area contributed by atoms with Crippen molar-refractivity contribution in [2.24, 2.45) is 47.3 Å². The maximum Gasteiger partial charge on any atom is 0.123 e. The Balaban J connectivity index is 2.22. The van der Waals surface area contributed by atoms with Crippen molar-refractivity contribution >= 4 is 0 Å². The van der Waals surface area contributed by atoms with Crippen LogP contribution in [-0.2, 0) is 6.61 Å². The van der Waals surface area contributed by atoms with E-state index in [1.807, 2.05) is 18.2 Å². The Morgan fingerprint density at radius 1 is 0.380 bits per heavy atom. The molecule has 1 aromatic rings. The molecule has 0 saturated carbocycles. The molecule has 0 aliphatic rings. The molecule has 0 spiro atoms. The maximum absolute atomic E-state index is 9.85. The smallest absolute Gasteiger partial charge is 0.123 e. The van der Waals surface area contributed by atoms with Gasteiger partial charge in [0.15, 0.2) is 0 Å². The third-order valence-electron chi connectivity index (χ3n) is 11.4. The summed E-state index contributed by atoms with van der Waals surface area (Å²) in [5, 5.41) is 9.85. The molecular weight excluding hydrogens is 613 g/mol. The van der Waals surface area contributed by atoms with Gasteiger partial charge in [0, 0.05) is 6.07 Å². The summed E-state index contributed by atoms with van der Waals surface area (Å²) in [7, 11) is 0. The molecule has 3 nitrogen and oxygen atoms in total. The van der Waals surface area contributed by atoms with Crippen LogP contribution in [0, 0.1) is 47.3 Å². The highest BCUT2D eigenvalue weighted by atomic mass is 16.5. The number of aliphatic hydroxyl groups excluding tert-OH is 1. The van der Waals surface area contributed by atoms with Crippen molar-refractivity contribution in [3.05, 3.63) is 23.8 Å². The molecule has 2 unspecified atom stereocenters. The van der Waals surface area contributed by atoms with E-state index in [4.69, 9.17) is 9.47 Å². The zero-order chi connectivity index (χ0) is 37.1. The highest BCUT2D eigenvalue weighted by molar-refractivity contribution is 5.38. The van der Waals surface area contributed by atoms with Crippen LogP contribution in [0.25, 0.3) is 0 Å². The van der Waals surface area contributed by atoms with Gasteiger partial charge in [-0.2, -0.15) is 0 Å². The summed E-state index contributed by atoms with van der Waals surface area (Å²) in [5.41, 5.74) is 0.858. The van der Waals surface area contributed by atoms with Crippen molar-refractivity contribution in [1.82, 2.24) is 0 Å². The average Bonchev–Trinajstić information content (AvgIpc) is 3.04. The van der Waals surface area contributed by atoms with E-state index in [9.17, 15) is 5.11 Å². The first kappa shape index (κ1) is 46.8. The molecule has 0 aliphatic heterocycles. The Kier molecular flexibility index (Phi) is 27.4. The predicted molar refractivity (Wildman–Crippen MR) is 220 cm³/mol. The fraction of sp³-hybridized carbons (Fsp3) is 0.872. The highest BCUT2D eigenvalue weighted by Gasteiger charge is 2.11. The monoisotopic (exact) mass is 701 g/mol. The molecule has 1 rings (SSSR count). The lowest BCUT2D eigenvalue weighted by Gasteiger charge is -2.17. The van der Waals surface area contributed by atoms with E-state index in [2.05, 4.69) is 69.2 Å². The molecule has 6 atom stereocenters. The number of hydrogen-bond acceptors (Lipinski definition) is 3. The molecule has 1 N–H and O–H groups in total. The van der Waals surface area contributed by atoms with Crippen LogP contribution in [0.15, 0.2) is 18.2 Å². The zero-order valence-corrected chi connectivity index (χ0v) is 35.4. The lowest BCUT2D eigenvalue weighted by atomic mass is 9.91. The molecule has 294 valence electrons. The fourth-order valence-corrected chi connectivity index (χ4v) is 7.52. The van der Waals surface area contributed by atoms with Crippen molar-refractivity contribution in [2.75, 3.05) is 13.2 Å². The molecule has 50 heavy (non-hydrogen) atoms. The largest absolute Gasteiger partial charge is 0.493 e. The summed E-state index contributed by atoms with van der Waals surface area (Å²) in [6, 6.07) is 5.93. The lowest BCUT2D eigenvalue weighted by molar-refractivity contribution is 0.257. The van der Waals surface area contributed by atoms with Gasteiger partial charge < -0.3 is 14.6 Å². The van der Waals surface area contributed by atoms with Crippen molar-refractivity contribution in [3.8, 4) is 11.5 Å². The fourth-order valence-electron chi connectivity index (χ4n) is 7.52. The summed E-state index contributed by atoms with van der Waals surface area (Å²) in [5.74, 6) is 8.10. The van der Waals surface area contributed by atoms with Crippen LogP contribution < -0.4 is 9.47 Å². The molecule has 0 saturated heterocycles. The number of rotatable bonds is 33. The van der Waals surface area contributed by atoms with Crippen LogP contribution in [-0.4, -0.2) is 18.3 Å². The first-order valence-electron chi connectivity index (χ1n) is 21.9. The van der Waals surface area contributed by atoms with Gasteiger partial charge in [0.2, 0.25) is 0 Å². The van der Waals surface area contributed by atoms with Gasteiger partial charge in [-0.3, -0.25) is 0 Å². The van der Waals surface area contributed by atoms with Crippen LogP contribution in [0.1, 0.15) is 203 Å². The molecule has 1 aromatic carbocycles. The molecule has 0 bridgehead atoms. The second-order valence-corrected chi connectivity index (χ2v) is 18.2. The Hall–Kier alpha value is -1.22. The second-order valence-electron chi connectivity index (χ2n) is 18.2. The van der Waals surface area contributed by atoms with Gasteiger partial charge in [-0.1, -0.05) is 185 Å². The van der Waals surface area contributed by atoms with Crippen LogP contribution >= 0.6 is 0 Å². The Labute approximate surface area is 313 Å². The molecule has 0 aliphatic carbocycles. The minimum Gasteiger partial charge on any atom is -0.493 e. The van der Waals surface area contributed by atoms with Crippen molar-refractivity contribution in [2.45, 2.75) is 204 Å². The number of benzene rings is 1. The Morgan fingerprint density at radius 2 is 0.640 bits per heavy atom. The van der Waals surface area contributed by atoms with Gasteiger partial charge in [0.05, 0.1) is 19.8 Å². The normalized spacial score (nSPS) is 15.6. The summed E-state index contributed by atoms with van der Waals surface area (Å²) in [4.78, 5) is 0. The summed E-state index contributed by atoms with van der Waals surface area (Å²) in [6.45, 7) is 25.3. The highest BCUT2D eigenvalue weighted by Crippen LogP contribution is 2.27. The van der Waals surface area contributed by atoms with E-state index in [-0.39, 0.29) is 6.61 Å². The van der Waals surface area contributed by atoms with Crippen molar-refractivity contribution in [3.63, 3.8) is 0 Å². The van der Waals surface area contributed by atoms with Gasteiger partial charge in [-0.25, -0.2) is 0 Å². The minimum absolute atomic E-state index is 0.00479. The van der Waals surface area contributed by atoms with Crippen molar-refractivity contribution in [1.29, 1.82) is 0 Å². The van der Waals surface area contributed by atoms with E-state index in [1.54, 1.807) is 0 Å². The van der Waals surface area contributed by atoms with Gasteiger partial charge in [-0.15, -0.1) is 0 Å². The molecule has 0 aromatic heterocycles. The molecule has 0 radical (unpaired) electrons. The molecule has 3 heteroatoms. The van der Waals surface area contributed by atoms with Crippen molar-refractivity contribution < 1.29 is 14.6 Å². The maximum atomic E-state index is 9.85. The van der Waals surface area contributed by atoms with Gasteiger partial charge >= 0.3 is 0 Å². The summed E-state index contributed by atoms with van der Waals surface area (Å²) >= 11 is 0. The quantitative estimate of drug-likeness (QED) is 0.0793. The number of aliphatic hydroxyl groups is 1. The van der Waals surface area contributed by atoms with Crippen LogP contribution in [0.4, 0.5) is 0 Å². The zero-order valence-electron chi connectivity index (χ0n) is 35.4. The van der Waals surface area contributed by atoms with Crippen LogP contribution in [0.2, 0.25) is 0 Å². The summed E-state index contributed by atoms with van der Waals surface area (Å²) in [6.07, 6.45) is 26.7. The summed E-state index contributed by atoms with van der Waals surface area (Å²) < 4.78 is 12.4. The SMILES string of the molecule is CC(C)CCC[C@@H](C)CCC[C@@H](C)CCCC(C)CCOc1cc(CO)cc(OCCC(C)CCC[C@H](C)CCC[C@H](C)CCCC(C)C)c1. The second kappa shape index (κ2) is 29.3. The van der Waals surface area contributed by atoms with E-state index in [0.29, 0.717) is 25.0 Å². The van der Waals surface area contributed by atoms with Crippen LogP contribution in [0.5, 0.6) is 11.5 Å². The van der Waals surface area contributed by atoms with Gasteiger partial charge in [0.25, 0.3) is 0 Å². The first-order valence-corrected chi connectivity index (χ1v) is 21.9. The van der Waals surface area contributed by atoms with E-state index in [1.165, 1.54) is 116 Å². The van der Waals surface area contributed by atoms with Crippen LogP contribution in [0.3, 0.4) is 0 Å².